The van der Waals surface area contributed by atoms with Gasteiger partial charge in [0, 0.05) is 19.6 Å². The molecule has 2 atom stereocenters. The van der Waals surface area contributed by atoms with Gasteiger partial charge in [0.15, 0.2) is 0 Å². The van der Waals surface area contributed by atoms with Crippen molar-refractivity contribution in [3.63, 3.8) is 0 Å². The normalized spacial score (nSPS) is 25.2. The van der Waals surface area contributed by atoms with Gasteiger partial charge in [-0.1, -0.05) is 6.07 Å². The molecule has 2 saturated heterocycles. The van der Waals surface area contributed by atoms with Gasteiger partial charge in [-0.15, -0.1) is 0 Å². The van der Waals surface area contributed by atoms with E-state index in [1.165, 1.54) is 12.7 Å². The summed E-state index contributed by atoms with van der Waals surface area (Å²) in [4.78, 5) is 39.1. The Kier molecular flexibility index (Phi) is 6.03. The van der Waals surface area contributed by atoms with Crippen LogP contribution in [-0.4, -0.2) is 60.7 Å². The second kappa shape index (κ2) is 8.59. The molecule has 31 heavy (non-hydrogen) atoms. The smallest absolute Gasteiger partial charge is 0.337 e. The Hall–Kier alpha value is -2.45. The van der Waals surface area contributed by atoms with Crippen LogP contribution in [0.2, 0.25) is 0 Å². The molecule has 2 heterocycles. The monoisotopic (exact) mass is 429 g/mol. The highest BCUT2D eigenvalue weighted by atomic mass is 16.5. The maximum absolute atomic E-state index is 13.2. The quantitative estimate of drug-likeness (QED) is 0.382. The number of aryl methyl sites for hydroxylation is 1. The number of hydrogen-bond donors (Lipinski definition) is 3. The van der Waals surface area contributed by atoms with Gasteiger partial charge in [0.2, 0.25) is 11.8 Å². The Morgan fingerprint density at radius 2 is 1.94 bits per heavy atom. The van der Waals surface area contributed by atoms with E-state index >= 15 is 0 Å². The molecule has 4 rings (SSSR count). The summed E-state index contributed by atoms with van der Waals surface area (Å²) in [6.45, 7) is 3.99. The first-order chi connectivity index (χ1) is 14.9. The van der Waals surface area contributed by atoms with Gasteiger partial charge in [0.1, 0.15) is 0 Å². The lowest BCUT2D eigenvalue weighted by molar-refractivity contribution is -0.145. The molecule has 8 nitrogen and oxygen atoms in total. The van der Waals surface area contributed by atoms with Crippen LogP contribution in [0.4, 0.5) is 0 Å². The zero-order valence-electron chi connectivity index (χ0n) is 18.1. The molecule has 2 aliphatic heterocycles. The lowest BCUT2D eigenvalue weighted by atomic mass is 9.80. The minimum Gasteiger partial charge on any atom is -0.465 e. The molecule has 1 saturated carbocycles. The fraction of sp³-hybridized carbons (Fsp3) is 0.609. The number of rotatable bonds is 4. The summed E-state index contributed by atoms with van der Waals surface area (Å²) in [6, 6.07) is 5.05. The molecular weight excluding hydrogens is 398 g/mol. The van der Waals surface area contributed by atoms with Gasteiger partial charge in [-0.05, 0) is 73.6 Å². The fourth-order valence-corrected chi connectivity index (χ4v) is 5.26. The van der Waals surface area contributed by atoms with Gasteiger partial charge in [-0.2, -0.15) is 0 Å². The molecule has 0 aromatic heterocycles. The molecule has 0 bridgehead atoms. The number of likely N-dealkylation sites (tertiary alicyclic amines) is 1. The standard InChI is InChI=1S/C23H31N3O5/c1-14-11-16(22(29)31-2)3-4-17(14)15-5-9-26(10-6-15)21(28)19-18(20(27)25-30)12-23(7-8-23)13-24-19/h3-4,11,15,18-19,24,30H,5-10,12-13H2,1-2H3,(H,25,27). The van der Waals surface area contributed by atoms with E-state index in [0.29, 0.717) is 31.0 Å². The minimum atomic E-state index is -0.587. The Morgan fingerprint density at radius 3 is 2.52 bits per heavy atom. The van der Waals surface area contributed by atoms with Crippen LogP contribution >= 0.6 is 0 Å². The highest BCUT2D eigenvalue weighted by molar-refractivity contribution is 5.90. The van der Waals surface area contributed by atoms with Crippen molar-refractivity contribution in [3.8, 4) is 0 Å². The van der Waals surface area contributed by atoms with E-state index in [-0.39, 0.29) is 17.3 Å². The number of nitrogens with one attached hydrogen (secondary N) is 2. The number of hydroxylamine groups is 1. The van der Waals surface area contributed by atoms with Gasteiger partial charge < -0.3 is 15.0 Å². The van der Waals surface area contributed by atoms with Crippen molar-refractivity contribution >= 4 is 17.8 Å². The van der Waals surface area contributed by atoms with Crippen molar-refractivity contribution in [2.24, 2.45) is 11.3 Å². The van der Waals surface area contributed by atoms with Crippen molar-refractivity contribution in [1.82, 2.24) is 15.7 Å². The van der Waals surface area contributed by atoms with Crippen molar-refractivity contribution in [3.05, 3.63) is 34.9 Å². The van der Waals surface area contributed by atoms with E-state index in [9.17, 15) is 14.4 Å². The van der Waals surface area contributed by atoms with E-state index in [2.05, 4.69) is 5.32 Å². The molecule has 0 radical (unpaired) electrons. The number of carbonyl (C=O) groups excluding carboxylic acids is 3. The van der Waals surface area contributed by atoms with Crippen molar-refractivity contribution in [2.45, 2.75) is 51.0 Å². The van der Waals surface area contributed by atoms with Crippen LogP contribution in [0, 0.1) is 18.3 Å². The van der Waals surface area contributed by atoms with E-state index < -0.39 is 17.9 Å². The molecule has 1 spiro atoms. The number of carbonyl (C=O) groups is 3. The summed E-state index contributed by atoms with van der Waals surface area (Å²) >= 11 is 0. The van der Waals surface area contributed by atoms with Gasteiger partial charge in [-0.3, -0.25) is 14.8 Å². The SMILES string of the molecule is COC(=O)c1ccc(C2CCN(C(=O)C3NCC4(CC4)CC3C(=O)NO)CC2)c(C)c1. The van der Waals surface area contributed by atoms with E-state index in [4.69, 9.17) is 9.94 Å². The Morgan fingerprint density at radius 1 is 1.23 bits per heavy atom. The first-order valence-electron chi connectivity index (χ1n) is 11.0. The maximum Gasteiger partial charge on any atom is 0.337 e. The highest BCUT2D eigenvalue weighted by Gasteiger charge is 2.52. The number of methoxy groups -OCH3 is 1. The number of esters is 1. The van der Waals surface area contributed by atoms with Gasteiger partial charge >= 0.3 is 5.97 Å². The average Bonchev–Trinajstić information content (AvgIpc) is 3.56. The second-order valence-electron chi connectivity index (χ2n) is 9.31. The topological polar surface area (TPSA) is 108 Å². The second-order valence-corrected chi connectivity index (χ2v) is 9.31. The third-order valence-corrected chi connectivity index (χ3v) is 7.36. The summed E-state index contributed by atoms with van der Waals surface area (Å²) in [5, 5.41) is 12.5. The van der Waals surface area contributed by atoms with E-state index in [1.807, 2.05) is 24.0 Å². The third kappa shape index (κ3) is 4.32. The fourth-order valence-electron chi connectivity index (χ4n) is 5.26. The Balaban J connectivity index is 1.39. The lowest BCUT2D eigenvalue weighted by Crippen LogP contribution is -2.59. The lowest BCUT2D eigenvalue weighted by Gasteiger charge is -2.40. The van der Waals surface area contributed by atoms with Gasteiger partial charge in [-0.25, -0.2) is 10.3 Å². The summed E-state index contributed by atoms with van der Waals surface area (Å²) in [6.07, 6.45) is 4.44. The van der Waals surface area contributed by atoms with Crippen LogP contribution in [0.1, 0.15) is 59.5 Å². The number of ether oxygens (including phenoxy) is 1. The minimum absolute atomic E-state index is 0.0553. The molecule has 1 aromatic carbocycles. The van der Waals surface area contributed by atoms with Crippen LogP contribution in [-0.2, 0) is 14.3 Å². The molecule has 2 amide bonds. The zero-order chi connectivity index (χ0) is 22.2. The van der Waals surface area contributed by atoms with Crippen molar-refractivity contribution in [1.29, 1.82) is 0 Å². The zero-order valence-corrected chi connectivity index (χ0v) is 18.1. The summed E-state index contributed by atoms with van der Waals surface area (Å²) in [5.74, 6) is -1.10. The first kappa shape index (κ1) is 21.8. The van der Waals surface area contributed by atoms with Crippen molar-refractivity contribution in [2.75, 3.05) is 26.7 Å². The molecule has 3 fully saturated rings. The summed E-state index contributed by atoms with van der Waals surface area (Å²) in [5.41, 5.74) is 4.67. The van der Waals surface area contributed by atoms with E-state index in [0.717, 1.165) is 37.8 Å². The Labute approximate surface area is 182 Å². The van der Waals surface area contributed by atoms with Gasteiger partial charge in [0.25, 0.3) is 0 Å². The van der Waals surface area contributed by atoms with E-state index in [1.54, 1.807) is 11.5 Å². The molecule has 1 aliphatic carbocycles. The average molecular weight is 430 g/mol. The number of nitrogens with zero attached hydrogens (tertiary/aromatic N) is 1. The summed E-state index contributed by atoms with van der Waals surface area (Å²) < 4.78 is 4.79. The molecule has 168 valence electrons. The number of hydrogen-bond acceptors (Lipinski definition) is 6. The summed E-state index contributed by atoms with van der Waals surface area (Å²) in [7, 11) is 1.37. The van der Waals surface area contributed by atoms with Crippen LogP contribution < -0.4 is 10.8 Å². The molecular formula is C23H31N3O5. The number of piperidine rings is 2. The molecule has 1 aromatic rings. The Bertz CT molecular complexity index is 874. The van der Waals surface area contributed by atoms with Crippen LogP contribution in [0.25, 0.3) is 0 Å². The molecule has 3 N–H and O–H groups in total. The molecule has 3 aliphatic rings. The number of amides is 2. The largest absolute Gasteiger partial charge is 0.465 e. The maximum atomic E-state index is 13.2. The first-order valence-corrected chi connectivity index (χ1v) is 11.0. The van der Waals surface area contributed by atoms with Crippen LogP contribution in [0.15, 0.2) is 18.2 Å². The predicted molar refractivity (Wildman–Crippen MR) is 113 cm³/mol. The molecule has 8 heteroatoms. The van der Waals surface area contributed by atoms with Crippen LogP contribution in [0.3, 0.4) is 0 Å². The van der Waals surface area contributed by atoms with Crippen LogP contribution in [0.5, 0.6) is 0 Å². The van der Waals surface area contributed by atoms with Gasteiger partial charge in [0.05, 0.1) is 24.6 Å². The highest BCUT2D eigenvalue weighted by Crippen LogP contribution is 2.52. The number of benzene rings is 1. The third-order valence-electron chi connectivity index (χ3n) is 7.36. The predicted octanol–water partition coefficient (Wildman–Crippen LogP) is 1.75. The van der Waals surface area contributed by atoms with Crippen molar-refractivity contribution < 1.29 is 24.3 Å². The molecule has 2 unspecified atom stereocenters.